The van der Waals surface area contributed by atoms with E-state index < -0.39 is 6.10 Å². The molecule has 0 aliphatic rings. The van der Waals surface area contributed by atoms with Crippen LogP contribution >= 0.6 is 0 Å². The maximum Gasteiger partial charge on any atom is 0.306 e. The highest BCUT2D eigenvalue weighted by Gasteiger charge is 2.13. The third-order valence-corrected chi connectivity index (χ3v) is 9.78. The molecule has 0 bridgehead atoms. The summed E-state index contributed by atoms with van der Waals surface area (Å²) in [6.07, 6.45) is 52.4. The number of esters is 1. The predicted octanol–water partition coefficient (Wildman–Crippen LogP) is 14.3. The van der Waals surface area contributed by atoms with Gasteiger partial charge in [-0.1, -0.05) is 205 Å². The zero-order chi connectivity index (χ0) is 35.6. The molecule has 0 saturated heterocycles. The number of carbonyl (C=O) groups is 1. The lowest BCUT2D eigenvalue weighted by Crippen LogP contribution is -2.27. The zero-order valence-electron chi connectivity index (χ0n) is 33.2. The number of carbonyl (C=O) groups excluding carboxylic acids is 1. The quantitative estimate of drug-likeness (QED) is 0.0394. The molecule has 0 spiro atoms. The molecule has 0 radical (unpaired) electrons. The highest BCUT2D eigenvalue weighted by molar-refractivity contribution is 5.69. The van der Waals surface area contributed by atoms with E-state index in [9.17, 15) is 9.90 Å². The van der Waals surface area contributed by atoms with Crippen molar-refractivity contribution in [3.8, 4) is 0 Å². The summed E-state index contributed by atoms with van der Waals surface area (Å²) >= 11 is 0. The summed E-state index contributed by atoms with van der Waals surface area (Å²) in [5, 5.41) is 9.60. The van der Waals surface area contributed by atoms with Gasteiger partial charge in [0.05, 0.1) is 13.2 Å². The molecular weight excluding hydrogens is 604 g/mol. The second kappa shape index (κ2) is 43.0. The van der Waals surface area contributed by atoms with Crippen LogP contribution in [0.2, 0.25) is 0 Å². The fourth-order valence-corrected chi connectivity index (χ4v) is 6.48. The Balaban J connectivity index is 3.39. The Morgan fingerprint density at radius 1 is 0.490 bits per heavy atom. The number of hydrogen-bond donors (Lipinski definition) is 1. The van der Waals surface area contributed by atoms with Crippen LogP contribution in [0.1, 0.15) is 232 Å². The fraction of sp³-hybridized carbons (Fsp3) is 0.889. The lowest BCUT2D eigenvalue weighted by atomic mass is 10.0. The Kier molecular flexibility index (Phi) is 42.0. The zero-order valence-corrected chi connectivity index (χ0v) is 33.2. The second-order valence-electron chi connectivity index (χ2n) is 14.8. The van der Waals surface area contributed by atoms with Crippen LogP contribution in [0.3, 0.4) is 0 Å². The maximum absolute atomic E-state index is 12.2. The normalized spacial score (nSPS) is 12.5. The van der Waals surface area contributed by atoms with E-state index in [0.717, 1.165) is 25.7 Å². The first-order chi connectivity index (χ1) is 24.2. The molecule has 0 fully saturated rings. The molecule has 0 amide bonds. The minimum absolute atomic E-state index is 0.170. The average Bonchev–Trinajstić information content (AvgIpc) is 3.11. The van der Waals surface area contributed by atoms with Gasteiger partial charge in [-0.15, -0.1) is 0 Å². The Bertz CT molecular complexity index is 688. The fourth-order valence-electron chi connectivity index (χ4n) is 6.48. The molecule has 4 nitrogen and oxygen atoms in total. The summed E-state index contributed by atoms with van der Waals surface area (Å²) in [4.78, 5) is 12.2. The summed E-state index contributed by atoms with van der Waals surface area (Å²) in [7, 11) is 0. The van der Waals surface area contributed by atoms with Crippen molar-refractivity contribution in [2.75, 3.05) is 19.8 Å². The molecule has 0 aliphatic heterocycles. The monoisotopic (exact) mass is 691 g/mol. The van der Waals surface area contributed by atoms with Crippen LogP contribution in [-0.2, 0) is 14.3 Å². The van der Waals surface area contributed by atoms with Crippen molar-refractivity contribution >= 4 is 5.97 Å². The van der Waals surface area contributed by atoms with Gasteiger partial charge in [0.15, 0.2) is 0 Å². The molecule has 1 N–H and O–H groups in total. The van der Waals surface area contributed by atoms with Crippen molar-refractivity contribution < 1.29 is 19.4 Å². The Morgan fingerprint density at radius 3 is 1.31 bits per heavy atom. The molecule has 1 unspecified atom stereocenters. The van der Waals surface area contributed by atoms with Gasteiger partial charge in [0, 0.05) is 13.0 Å². The molecule has 0 rings (SSSR count). The number of rotatable bonds is 41. The van der Waals surface area contributed by atoms with Crippen LogP contribution in [0.5, 0.6) is 0 Å². The van der Waals surface area contributed by atoms with E-state index in [1.54, 1.807) is 0 Å². The Morgan fingerprint density at radius 2 is 0.857 bits per heavy atom. The van der Waals surface area contributed by atoms with Crippen LogP contribution in [0.15, 0.2) is 24.3 Å². The van der Waals surface area contributed by atoms with E-state index in [2.05, 4.69) is 38.2 Å². The maximum atomic E-state index is 12.2. The summed E-state index contributed by atoms with van der Waals surface area (Å²) < 4.78 is 11.2. The van der Waals surface area contributed by atoms with Gasteiger partial charge in [0.1, 0.15) is 6.10 Å². The number of hydrogen-bond acceptors (Lipinski definition) is 4. The number of aliphatic hydroxyl groups is 1. The molecule has 0 aromatic carbocycles. The molecule has 0 aromatic rings. The molecule has 0 saturated carbocycles. The molecule has 0 aromatic heterocycles. The molecule has 1 atom stereocenters. The minimum atomic E-state index is -0.533. The smallest absolute Gasteiger partial charge is 0.306 e. The third-order valence-electron chi connectivity index (χ3n) is 9.78. The molecular formula is C45H86O4. The van der Waals surface area contributed by atoms with Crippen molar-refractivity contribution in [1.82, 2.24) is 0 Å². The Hall–Kier alpha value is -1.13. The second-order valence-corrected chi connectivity index (χ2v) is 14.8. The summed E-state index contributed by atoms with van der Waals surface area (Å²) in [5.74, 6) is -0.198. The van der Waals surface area contributed by atoms with E-state index in [1.807, 2.05) is 0 Å². The topological polar surface area (TPSA) is 55.8 Å². The lowest BCUT2D eigenvalue weighted by molar-refractivity contribution is -0.154. The first-order valence-electron chi connectivity index (χ1n) is 21.9. The van der Waals surface area contributed by atoms with Gasteiger partial charge >= 0.3 is 5.97 Å². The van der Waals surface area contributed by atoms with Crippen LogP contribution in [-0.4, -0.2) is 37.0 Å². The number of aliphatic hydroxyl groups excluding tert-OH is 1. The van der Waals surface area contributed by atoms with Crippen molar-refractivity contribution in [2.24, 2.45) is 0 Å². The summed E-state index contributed by atoms with van der Waals surface area (Å²) in [6, 6.07) is 0. The number of allylic oxidation sites excluding steroid dienone is 4. The highest BCUT2D eigenvalue weighted by Crippen LogP contribution is 2.15. The van der Waals surface area contributed by atoms with Gasteiger partial charge in [0.25, 0.3) is 0 Å². The molecule has 49 heavy (non-hydrogen) atoms. The van der Waals surface area contributed by atoms with E-state index in [0.29, 0.717) is 19.6 Å². The number of unbranched alkanes of at least 4 members (excludes halogenated alkanes) is 29. The van der Waals surface area contributed by atoms with Crippen molar-refractivity contribution in [3.05, 3.63) is 24.3 Å². The largest absolute Gasteiger partial charge is 0.457 e. The van der Waals surface area contributed by atoms with Gasteiger partial charge in [0.2, 0.25) is 0 Å². The van der Waals surface area contributed by atoms with E-state index in [4.69, 9.17) is 9.47 Å². The van der Waals surface area contributed by atoms with E-state index in [-0.39, 0.29) is 12.6 Å². The van der Waals surface area contributed by atoms with Gasteiger partial charge in [-0.3, -0.25) is 4.79 Å². The lowest BCUT2D eigenvalue weighted by Gasteiger charge is -2.16. The first-order valence-corrected chi connectivity index (χ1v) is 21.9. The van der Waals surface area contributed by atoms with E-state index in [1.165, 1.54) is 186 Å². The van der Waals surface area contributed by atoms with Crippen molar-refractivity contribution in [3.63, 3.8) is 0 Å². The standard InChI is InChI=1S/C45H86O4/c1-3-5-7-9-11-13-15-17-19-21-23-24-26-28-30-32-34-36-38-40-45(47)49-44(42-46)43-48-41-39-37-35-33-31-29-27-25-22-20-18-16-14-12-10-8-6-4-2/h12,14,18,20,44,46H,3-11,13,15-17,19,21-43H2,1-2H3/b14-12-,20-18-. The van der Waals surface area contributed by atoms with Gasteiger partial charge in [-0.25, -0.2) is 0 Å². The Labute approximate surface area is 307 Å². The van der Waals surface area contributed by atoms with Gasteiger partial charge in [-0.05, 0) is 44.9 Å². The van der Waals surface area contributed by atoms with Gasteiger partial charge in [-0.2, -0.15) is 0 Å². The van der Waals surface area contributed by atoms with Crippen LogP contribution < -0.4 is 0 Å². The first kappa shape index (κ1) is 47.9. The van der Waals surface area contributed by atoms with Gasteiger partial charge < -0.3 is 14.6 Å². The van der Waals surface area contributed by atoms with Crippen LogP contribution in [0.25, 0.3) is 0 Å². The van der Waals surface area contributed by atoms with E-state index >= 15 is 0 Å². The SMILES string of the molecule is CCCCC/C=C\C/C=C\CCCCCCCCCCOCC(CO)OC(=O)CCCCCCCCCCCCCCCCCCCCC. The van der Waals surface area contributed by atoms with Crippen LogP contribution in [0, 0.1) is 0 Å². The molecule has 290 valence electrons. The van der Waals surface area contributed by atoms with Crippen molar-refractivity contribution in [2.45, 2.75) is 238 Å². The van der Waals surface area contributed by atoms with Crippen molar-refractivity contribution in [1.29, 1.82) is 0 Å². The third kappa shape index (κ3) is 41.2. The predicted molar refractivity (Wildman–Crippen MR) is 214 cm³/mol. The minimum Gasteiger partial charge on any atom is -0.457 e. The molecule has 4 heteroatoms. The average molecular weight is 691 g/mol. The molecule has 0 heterocycles. The highest BCUT2D eigenvalue weighted by atomic mass is 16.6. The number of ether oxygens (including phenoxy) is 2. The summed E-state index contributed by atoms with van der Waals surface area (Å²) in [6.45, 7) is 5.35. The van der Waals surface area contributed by atoms with Crippen LogP contribution in [0.4, 0.5) is 0 Å². The summed E-state index contributed by atoms with van der Waals surface area (Å²) in [5.41, 5.74) is 0. The molecule has 0 aliphatic carbocycles.